The maximum absolute atomic E-state index is 13.3. The predicted molar refractivity (Wildman–Crippen MR) is 118 cm³/mol. The molecular weight excluding hydrogens is 423 g/mol. The van der Waals surface area contributed by atoms with Crippen LogP contribution in [0.2, 0.25) is 0 Å². The number of carbonyl (C=O) groups excluding carboxylic acids is 2. The molecule has 4 rings (SSSR count). The lowest BCUT2D eigenvalue weighted by Gasteiger charge is -2.30. The van der Waals surface area contributed by atoms with Crippen LogP contribution in [-0.4, -0.2) is 47.9 Å². The summed E-state index contributed by atoms with van der Waals surface area (Å²) in [6.07, 6.45) is 2.36. The number of hydrogen-bond donors (Lipinski definition) is 2. The summed E-state index contributed by atoms with van der Waals surface area (Å²) in [7, 11) is 0. The molecule has 1 aliphatic heterocycles. The van der Waals surface area contributed by atoms with Gasteiger partial charge in [-0.15, -0.1) is 11.3 Å². The van der Waals surface area contributed by atoms with E-state index in [0.717, 1.165) is 19.3 Å². The number of aromatic nitrogens is 1. The number of carbonyl (C=O) groups is 2. The Morgan fingerprint density at radius 1 is 1.23 bits per heavy atom. The van der Waals surface area contributed by atoms with E-state index in [1.54, 1.807) is 17.4 Å². The van der Waals surface area contributed by atoms with Crippen LogP contribution in [0.3, 0.4) is 0 Å². The van der Waals surface area contributed by atoms with E-state index in [0.29, 0.717) is 35.0 Å². The third-order valence-electron chi connectivity index (χ3n) is 5.17. The molecule has 0 spiro atoms. The molecule has 9 heteroatoms. The van der Waals surface area contributed by atoms with Gasteiger partial charge in [0, 0.05) is 17.3 Å². The monoisotopic (exact) mass is 446 g/mol. The van der Waals surface area contributed by atoms with Gasteiger partial charge in [-0.1, -0.05) is 17.4 Å². The van der Waals surface area contributed by atoms with Crippen molar-refractivity contribution in [3.05, 3.63) is 46.4 Å². The number of halogens is 1. The van der Waals surface area contributed by atoms with Crippen LogP contribution in [0.15, 0.2) is 35.7 Å². The number of likely N-dealkylation sites (tertiary alicyclic amines) is 1. The summed E-state index contributed by atoms with van der Waals surface area (Å²) in [5.41, 5.74) is 0.669. The minimum Gasteiger partial charge on any atom is -0.355 e. The van der Waals surface area contributed by atoms with Crippen LogP contribution in [0.4, 0.5) is 9.52 Å². The number of thiophene rings is 1. The van der Waals surface area contributed by atoms with E-state index in [1.807, 2.05) is 11.4 Å². The molecule has 1 fully saturated rings. The Balaban J connectivity index is 1.19. The number of hydrogen-bond acceptors (Lipinski definition) is 6. The Morgan fingerprint density at radius 2 is 2.07 bits per heavy atom. The standard InChI is InChI=1S/C21H23FN4O2S2/c22-15-3-4-17-18(12-15)30-21(24-17)25-19(27)13-26-9-6-14(7-10-26)20(28)23-8-5-16-2-1-11-29-16/h1-4,11-12,14H,5-10,13H2,(H,23,28)(H,24,25,27). The highest BCUT2D eigenvalue weighted by Crippen LogP contribution is 2.26. The highest BCUT2D eigenvalue weighted by Gasteiger charge is 2.25. The topological polar surface area (TPSA) is 74.3 Å². The molecule has 2 amide bonds. The maximum Gasteiger partial charge on any atom is 0.240 e. The molecule has 0 aliphatic carbocycles. The Bertz CT molecular complexity index is 1010. The Kier molecular flexibility index (Phi) is 6.71. The molecule has 3 aromatic rings. The molecule has 2 N–H and O–H groups in total. The van der Waals surface area contributed by atoms with Gasteiger partial charge in [-0.05, 0) is 62.0 Å². The Morgan fingerprint density at radius 3 is 2.83 bits per heavy atom. The highest BCUT2D eigenvalue weighted by molar-refractivity contribution is 7.22. The largest absolute Gasteiger partial charge is 0.355 e. The van der Waals surface area contributed by atoms with Gasteiger partial charge < -0.3 is 10.6 Å². The number of nitrogens with one attached hydrogen (secondary N) is 2. The van der Waals surface area contributed by atoms with Gasteiger partial charge in [0.2, 0.25) is 11.8 Å². The Hall–Kier alpha value is -2.36. The minimum atomic E-state index is -0.317. The third-order valence-corrected chi connectivity index (χ3v) is 7.04. The maximum atomic E-state index is 13.3. The molecule has 0 radical (unpaired) electrons. The van der Waals surface area contributed by atoms with Crippen molar-refractivity contribution in [1.29, 1.82) is 0 Å². The minimum absolute atomic E-state index is 0.00630. The van der Waals surface area contributed by atoms with Crippen molar-refractivity contribution in [2.24, 2.45) is 5.92 Å². The van der Waals surface area contributed by atoms with Crippen LogP contribution in [0.1, 0.15) is 17.7 Å². The average molecular weight is 447 g/mol. The lowest BCUT2D eigenvalue weighted by molar-refractivity contribution is -0.126. The quantitative estimate of drug-likeness (QED) is 0.583. The van der Waals surface area contributed by atoms with Gasteiger partial charge in [0.05, 0.1) is 16.8 Å². The van der Waals surface area contributed by atoms with E-state index < -0.39 is 0 Å². The zero-order valence-electron chi connectivity index (χ0n) is 16.4. The third kappa shape index (κ3) is 5.41. The van der Waals surface area contributed by atoms with Gasteiger partial charge in [0.15, 0.2) is 5.13 Å². The van der Waals surface area contributed by atoms with Crippen molar-refractivity contribution < 1.29 is 14.0 Å². The summed E-state index contributed by atoms with van der Waals surface area (Å²) >= 11 is 2.96. The molecule has 0 saturated carbocycles. The average Bonchev–Trinajstić information content (AvgIpc) is 3.37. The van der Waals surface area contributed by atoms with Crippen molar-refractivity contribution in [3.8, 4) is 0 Å². The highest BCUT2D eigenvalue weighted by atomic mass is 32.1. The zero-order valence-corrected chi connectivity index (χ0v) is 18.0. The molecule has 1 saturated heterocycles. The normalized spacial score (nSPS) is 15.4. The molecule has 2 aromatic heterocycles. The first-order valence-corrected chi connectivity index (χ1v) is 11.6. The molecule has 1 aliphatic rings. The molecular formula is C21H23FN4O2S2. The van der Waals surface area contributed by atoms with Crippen molar-refractivity contribution in [1.82, 2.24) is 15.2 Å². The fourth-order valence-electron chi connectivity index (χ4n) is 3.58. The van der Waals surface area contributed by atoms with Gasteiger partial charge in [-0.25, -0.2) is 9.37 Å². The summed E-state index contributed by atoms with van der Waals surface area (Å²) in [5, 5.41) is 8.35. The summed E-state index contributed by atoms with van der Waals surface area (Å²) in [6, 6.07) is 8.47. The second-order valence-electron chi connectivity index (χ2n) is 7.35. The molecule has 30 heavy (non-hydrogen) atoms. The van der Waals surface area contributed by atoms with E-state index in [4.69, 9.17) is 0 Å². The molecule has 6 nitrogen and oxygen atoms in total. The van der Waals surface area contributed by atoms with E-state index >= 15 is 0 Å². The number of benzene rings is 1. The van der Waals surface area contributed by atoms with Crippen LogP contribution < -0.4 is 10.6 Å². The van der Waals surface area contributed by atoms with E-state index in [2.05, 4.69) is 26.6 Å². The lowest BCUT2D eigenvalue weighted by Crippen LogP contribution is -2.43. The first kappa shape index (κ1) is 20.9. The van der Waals surface area contributed by atoms with Crippen molar-refractivity contribution in [2.45, 2.75) is 19.3 Å². The number of amides is 2. The van der Waals surface area contributed by atoms with Gasteiger partial charge in [-0.3, -0.25) is 14.5 Å². The second kappa shape index (κ2) is 9.63. The fraction of sp³-hybridized carbons (Fsp3) is 0.381. The van der Waals surface area contributed by atoms with Crippen molar-refractivity contribution in [2.75, 3.05) is 31.5 Å². The smallest absolute Gasteiger partial charge is 0.240 e. The molecule has 0 atom stereocenters. The van der Waals surface area contributed by atoms with Crippen LogP contribution >= 0.6 is 22.7 Å². The SMILES string of the molecule is O=C(CN1CCC(C(=O)NCCc2cccs2)CC1)Nc1nc2ccc(F)cc2s1. The van der Waals surface area contributed by atoms with Crippen molar-refractivity contribution in [3.63, 3.8) is 0 Å². The Labute approximate surface area is 182 Å². The number of thiazole rings is 1. The van der Waals surface area contributed by atoms with E-state index in [-0.39, 0.29) is 30.1 Å². The molecule has 0 bridgehead atoms. The summed E-state index contributed by atoms with van der Waals surface area (Å²) in [5.74, 6) is -0.347. The van der Waals surface area contributed by atoms with Gasteiger partial charge in [-0.2, -0.15) is 0 Å². The number of anilines is 1. The molecule has 0 unspecified atom stereocenters. The van der Waals surface area contributed by atoms with Gasteiger partial charge >= 0.3 is 0 Å². The predicted octanol–water partition coefficient (Wildman–Crippen LogP) is 3.51. The summed E-state index contributed by atoms with van der Waals surface area (Å²) in [4.78, 5) is 32.4. The number of fused-ring (bicyclic) bond motifs is 1. The van der Waals surface area contributed by atoms with E-state index in [1.165, 1.54) is 28.3 Å². The molecule has 3 heterocycles. The summed E-state index contributed by atoms with van der Waals surface area (Å²) < 4.78 is 14.0. The van der Waals surface area contributed by atoms with Gasteiger partial charge in [0.1, 0.15) is 5.82 Å². The first-order valence-electron chi connectivity index (χ1n) is 9.95. The number of nitrogens with zero attached hydrogens (tertiary/aromatic N) is 2. The van der Waals surface area contributed by atoms with Crippen LogP contribution in [0.25, 0.3) is 10.2 Å². The van der Waals surface area contributed by atoms with Crippen molar-refractivity contribution >= 4 is 49.8 Å². The van der Waals surface area contributed by atoms with Crippen LogP contribution in [0.5, 0.6) is 0 Å². The number of piperidine rings is 1. The molecule has 1 aromatic carbocycles. The van der Waals surface area contributed by atoms with Crippen LogP contribution in [0, 0.1) is 11.7 Å². The van der Waals surface area contributed by atoms with E-state index in [9.17, 15) is 14.0 Å². The van der Waals surface area contributed by atoms with Crippen LogP contribution in [-0.2, 0) is 16.0 Å². The zero-order chi connectivity index (χ0) is 20.9. The van der Waals surface area contributed by atoms with Gasteiger partial charge in [0.25, 0.3) is 0 Å². The summed E-state index contributed by atoms with van der Waals surface area (Å²) in [6.45, 7) is 2.34. The first-order chi connectivity index (χ1) is 14.6. The lowest BCUT2D eigenvalue weighted by atomic mass is 9.96. The molecule has 158 valence electrons. The fourth-order valence-corrected chi connectivity index (χ4v) is 5.19. The number of rotatable bonds is 7. The second-order valence-corrected chi connectivity index (χ2v) is 9.41.